The van der Waals surface area contributed by atoms with Crippen molar-refractivity contribution in [2.24, 2.45) is 11.7 Å². The number of urea groups is 1. The first-order valence-corrected chi connectivity index (χ1v) is 8.80. The summed E-state index contributed by atoms with van der Waals surface area (Å²) in [6.45, 7) is 4.09. The fraction of sp³-hybridized carbons (Fsp3) is 0.556. The Morgan fingerprint density at radius 3 is 2.56 bits per heavy atom. The Morgan fingerprint density at radius 2 is 1.88 bits per heavy atom. The summed E-state index contributed by atoms with van der Waals surface area (Å²) in [6.07, 6.45) is 1.67. The maximum atomic E-state index is 12.8. The molecule has 1 aromatic rings. The number of piperidine rings is 1. The quantitative estimate of drug-likeness (QED) is 0.890. The molecule has 3 amide bonds. The summed E-state index contributed by atoms with van der Waals surface area (Å²) in [5.74, 6) is 0.866. The number of hydrogen-bond donors (Lipinski definition) is 1. The van der Waals surface area contributed by atoms with E-state index in [0.29, 0.717) is 26.2 Å². The Balaban J connectivity index is 1.56. The van der Waals surface area contributed by atoms with Crippen LogP contribution >= 0.6 is 0 Å². The van der Waals surface area contributed by atoms with Crippen LogP contribution in [0, 0.1) is 5.92 Å². The Labute approximate surface area is 148 Å². The smallest absolute Gasteiger partial charge is 0.314 e. The molecule has 2 aliphatic heterocycles. The molecule has 2 fully saturated rings. The molecule has 7 heteroatoms. The van der Waals surface area contributed by atoms with Crippen molar-refractivity contribution in [3.05, 3.63) is 24.3 Å². The lowest BCUT2D eigenvalue weighted by atomic mass is 9.96. The number of carbonyl (C=O) groups is 2. The van der Waals surface area contributed by atoms with E-state index in [0.717, 1.165) is 37.4 Å². The van der Waals surface area contributed by atoms with Gasteiger partial charge in [-0.3, -0.25) is 4.79 Å². The van der Waals surface area contributed by atoms with E-state index >= 15 is 0 Å². The number of piperazine rings is 1. The van der Waals surface area contributed by atoms with E-state index in [1.165, 1.54) is 0 Å². The highest BCUT2D eigenvalue weighted by molar-refractivity contribution is 5.81. The second-order valence-corrected chi connectivity index (χ2v) is 6.64. The minimum absolute atomic E-state index is 0.121. The minimum Gasteiger partial charge on any atom is -0.497 e. The molecular formula is C18H26N4O3. The van der Waals surface area contributed by atoms with Crippen molar-refractivity contribution >= 4 is 17.6 Å². The van der Waals surface area contributed by atoms with E-state index in [2.05, 4.69) is 11.0 Å². The third kappa shape index (κ3) is 3.97. The number of nitrogens with two attached hydrogens (primary N) is 1. The Hall–Kier alpha value is -2.44. The van der Waals surface area contributed by atoms with Crippen molar-refractivity contribution in [1.82, 2.24) is 9.80 Å². The molecule has 0 aliphatic carbocycles. The molecule has 2 saturated heterocycles. The number of nitrogens with zero attached hydrogens (tertiary/aromatic N) is 3. The number of primary amides is 1. The highest BCUT2D eigenvalue weighted by Crippen LogP contribution is 2.24. The van der Waals surface area contributed by atoms with Gasteiger partial charge in [0, 0.05) is 51.0 Å². The van der Waals surface area contributed by atoms with E-state index in [4.69, 9.17) is 10.5 Å². The zero-order chi connectivity index (χ0) is 17.8. The van der Waals surface area contributed by atoms with Crippen molar-refractivity contribution in [3.63, 3.8) is 0 Å². The van der Waals surface area contributed by atoms with Crippen LogP contribution in [0.15, 0.2) is 24.3 Å². The topological polar surface area (TPSA) is 79.1 Å². The average Bonchev–Trinajstić information content (AvgIpc) is 2.67. The predicted molar refractivity (Wildman–Crippen MR) is 95.7 cm³/mol. The second-order valence-electron chi connectivity index (χ2n) is 6.64. The molecule has 0 spiro atoms. The molecule has 0 bridgehead atoms. The summed E-state index contributed by atoms with van der Waals surface area (Å²) in [6, 6.07) is 7.55. The Bertz CT molecular complexity index is 629. The van der Waals surface area contributed by atoms with Gasteiger partial charge >= 0.3 is 6.03 Å². The van der Waals surface area contributed by atoms with E-state index in [1.807, 2.05) is 23.1 Å². The fourth-order valence-electron chi connectivity index (χ4n) is 3.63. The van der Waals surface area contributed by atoms with Gasteiger partial charge in [-0.15, -0.1) is 0 Å². The van der Waals surface area contributed by atoms with E-state index in [1.54, 1.807) is 12.0 Å². The van der Waals surface area contributed by atoms with E-state index in [9.17, 15) is 9.59 Å². The number of amides is 3. The minimum atomic E-state index is -0.430. The van der Waals surface area contributed by atoms with Crippen LogP contribution in [0.1, 0.15) is 12.8 Å². The summed E-state index contributed by atoms with van der Waals surface area (Å²) in [5.41, 5.74) is 6.47. The van der Waals surface area contributed by atoms with Gasteiger partial charge in [0.25, 0.3) is 0 Å². The molecule has 1 aromatic carbocycles. The molecule has 3 rings (SSSR count). The van der Waals surface area contributed by atoms with Crippen LogP contribution in [0.25, 0.3) is 0 Å². The number of rotatable bonds is 3. The van der Waals surface area contributed by atoms with Crippen LogP contribution < -0.4 is 15.4 Å². The van der Waals surface area contributed by atoms with Gasteiger partial charge in [0.1, 0.15) is 5.75 Å². The summed E-state index contributed by atoms with van der Waals surface area (Å²) in [4.78, 5) is 29.9. The van der Waals surface area contributed by atoms with Gasteiger partial charge < -0.3 is 25.2 Å². The van der Waals surface area contributed by atoms with E-state index < -0.39 is 6.03 Å². The average molecular weight is 346 g/mol. The summed E-state index contributed by atoms with van der Waals surface area (Å²) in [7, 11) is 1.66. The number of methoxy groups -OCH3 is 1. The van der Waals surface area contributed by atoms with Gasteiger partial charge in [-0.1, -0.05) is 6.07 Å². The van der Waals surface area contributed by atoms with Gasteiger partial charge in [-0.25, -0.2) is 4.79 Å². The van der Waals surface area contributed by atoms with Gasteiger partial charge in [0.05, 0.1) is 13.0 Å². The zero-order valence-corrected chi connectivity index (χ0v) is 14.7. The number of anilines is 1. The molecule has 0 saturated carbocycles. The largest absolute Gasteiger partial charge is 0.497 e. The number of hydrogen-bond acceptors (Lipinski definition) is 4. The normalized spacial score (nSPS) is 21.2. The van der Waals surface area contributed by atoms with Crippen LogP contribution in [-0.2, 0) is 4.79 Å². The van der Waals surface area contributed by atoms with Gasteiger partial charge in [-0.05, 0) is 25.0 Å². The lowest BCUT2D eigenvalue weighted by Crippen LogP contribution is -2.53. The first-order chi connectivity index (χ1) is 12.1. The van der Waals surface area contributed by atoms with Crippen LogP contribution in [0.3, 0.4) is 0 Å². The number of benzene rings is 1. The molecule has 0 aromatic heterocycles. The highest BCUT2D eigenvalue weighted by Gasteiger charge is 2.32. The molecule has 0 unspecified atom stereocenters. The molecule has 2 heterocycles. The molecular weight excluding hydrogens is 320 g/mol. The Morgan fingerprint density at radius 1 is 1.12 bits per heavy atom. The van der Waals surface area contributed by atoms with Gasteiger partial charge in [-0.2, -0.15) is 0 Å². The van der Waals surface area contributed by atoms with Crippen molar-refractivity contribution in [2.75, 3.05) is 51.3 Å². The van der Waals surface area contributed by atoms with Crippen molar-refractivity contribution in [1.29, 1.82) is 0 Å². The zero-order valence-electron chi connectivity index (χ0n) is 14.7. The van der Waals surface area contributed by atoms with Crippen LogP contribution in [0.2, 0.25) is 0 Å². The highest BCUT2D eigenvalue weighted by atomic mass is 16.5. The number of carbonyl (C=O) groups excluding carboxylic acids is 2. The fourth-order valence-corrected chi connectivity index (χ4v) is 3.63. The number of ether oxygens (including phenoxy) is 1. The van der Waals surface area contributed by atoms with Gasteiger partial charge in [0.2, 0.25) is 5.91 Å². The summed E-state index contributed by atoms with van der Waals surface area (Å²) >= 11 is 0. The van der Waals surface area contributed by atoms with Crippen molar-refractivity contribution in [2.45, 2.75) is 12.8 Å². The molecule has 2 aliphatic rings. The van der Waals surface area contributed by atoms with Crippen LogP contribution in [0.5, 0.6) is 5.75 Å². The third-order valence-corrected chi connectivity index (χ3v) is 5.09. The van der Waals surface area contributed by atoms with Crippen molar-refractivity contribution < 1.29 is 14.3 Å². The summed E-state index contributed by atoms with van der Waals surface area (Å²) in [5, 5.41) is 0. The van der Waals surface area contributed by atoms with Crippen molar-refractivity contribution in [3.8, 4) is 5.75 Å². The molecule has 0 radical (unpaired) electrons. The molecule has 25 heavy (non-hydrogen) atoms. The molecule has 2 N–H and O–H groups in total. The SMILES string of the molecule is COc1cccc(N2CCN(C(=O)[C@H]3CCCN(C(N)=O)C3)CC2)c1. The van der Waals surface area contributed by atoms with E-state index in [-0.39, 0.29) is 11.8 Å². The lowest BCUT2D eigenvalue weighted by Gasteiger charge is -2.39. The maximum Gasteiger partial charge on any atom is 0.314 e. The molecule has 136 valence electrons. The summed E-state index contributed by atoms with van der Waals surface area (Å²) < 4.78 is 5.28. The first kappa shape index (κ1) is 17.4. The standard InChI is InChI=1S/C18H26N4O3/c1-25-16-6-2-5-15(12-16)20-8-10-21(11-9-20)17(23)14-4-3-7-22(13-14)18(19)24/h2,5-6,12,14H,3-4,7-11,13H2,1H3,(H2,19,24)/t14-/m0/s1. The predicted octanol–water partition coefficient (Wildman–Crippen LogP) is 1.13. The molecule has 1 atom stereocenters. The second kappa shape index (κ2) is 7.63. The third-order valence-electron chi connectivity index (χ3n) is 5.09. The maximum absolute atomic E-state index is 12.8. The Kier molecular flexibility index (Phi) is 5.31. The number of likely N-dealkylation sites (tertiary alicyclic amines) is 1. The molecule has 7 nitrogen and oxygen atoms in total. The monoisotopic (exact) mass is 346 g/mol. The van der Waals surface area contributed by atoms with Crippen LogP contribution in [0.4, 0.5) is 10.5 Å². The lowest BCUT2D eigenvalue weighted by molar-refractivity contribution is -0.137. The first-order valence-electron chi connectivity index (χ1n) is 8.80. The van der Waals surface area contributed by atoms with Crippen LogP contribution in [-0.4, -0.2) is 68.1 Å². The van der Waals surface area contributed by atoms with Gasteiger partial charge in [0.15, 0.2) is 0 Å².